The van der Waals surface area contributed by atoms with Crippen LogP contribution in [-0.2, 0) is 19.6 Å². The fraction of sp³-hybridized carbons (Fsp3) is 0.222. The summed E-state index contributed by atoms with van der Waals surface area (Å²) in [4.78, 5) is 8.65. The molecule has 2 aromatic carbocycles. The van der Waals surface area contributed by atoms with Crippen LogP contribution in [0, 0.1) is 0 Å². The van der Waals surface area contributed by atoms with Gasteiger partial charge in [0, 0.05) is 7.05 Å². The Morgan fingerprint density at radius 3 is 2.62 bits per heavy atom. The zero-order valence-corrected chi connectivity index (χ0v) is 14.1. The molecule has 0 saturated heterocycles. The third-order valence-corrected chi connectivity index (χ3v) is 4.32. The Morgan fingerprint density at radius 1 is 1.12 bits per heavy atom. The average Bonchev–Trinajstić information content (AvgIpc) is 3.15. The molecule has 26 heavy (non-hydrogen) atoms. The molecule has 4 rings (SSSR count). The Balaban J connectivity index is 1.79. The van der Waals surface area contributed by atoms with Crippen molar-refractivity contribution in [2.45, 2.75) is 19.5 Å². The predicted molar refractivity (Wildman–Crippen MR) is 92.4 cm³/mol. The first-order chi connectivity index (χ1) is 12.4. The van der Waals surface area contributed by atoms with Gasteiger partial charge in [0.05, 0.1) is 11.0 Å². The molecule has 0 radical (unpaired) electrons. The standard InChI is InChI=1S/C18H15F3N4O/c1-3-10-6-4-9-13-14(10)23-16(25(13)2)24-17-22-12-8-5-7-11(15(12)26-17)18(19,20)21/h4-9H,3H2,1-2H3,(H,22,23,24). The van der Waals surface area contributed by atoms with Crippen molar-refractivity contribution in [2.24, 2.45) is 7.05 Å². The summed E-state index contributed by atoms with van der Waals surface area (Å²) >= 11 is 0. The summed E-state index contributed by atoms with van der Waals surface area (Å²) in [6, 6.07) is 9.59. The Labute approximate surface area is 146 Å². The average molecular weight is 360 g/mol. The molecule has 0 saturated carbocycles. The SMILES string of the molecule is CCc1cccc2c1nc(Nc1nc3cccc(C(F)(F)F)c3o1)n2C. The van der Waals surface area contributed by atoms with E-state index >= 15 is 0 Å². The number of nitrogens with zero attached hydrogens (tertiary/aromatic N) is 3. The van der Waals surface area contributed by atoms with Gasteiger partial charge in [-0.2, -0.15) is 18.2 Å². The quantitative estimate of drug-likeness (QED) is 0.556. The van der Waals surface area contributed by atoms with Crippen LogP contribution in [0.3, 0.4) is 0 Å². The lowest BCUT2D eigenvalue weighted by Crippen LogP contribution is -2.04. The molecular formula is C18H15F3N4O. The van der Waals surface area contributed by atoms with Gasteiger partial charge in [-0.15, -0.1) is 0 Å². The van der Waals surface area contributed by atoms with E-state index in [1.165, 1.54) is 12.1 Å². The number of oxazole rings is 1. The van der Waals surface area contributed by atoms with Gasteiger partial charge in [0.25, 0.3) is 0 Å². The molecule has 1 N–H and O–H groups in total. The highest BCUT2D eigenvalue weighted by molar-refractivity contribution is 5.83. The van der Waals surface area contributed by atoms with Gasteiger partial charge >= 0.3 is 12.2 Å². The number of aryl methyl sites for hydroxylation is 2. The molecule has 4 aromatic rings. The molecule has 134 valence electrons. The van der Waals surface area contributed by atoms with Gasteiger partial charge in [-0.3, -0.25) is 5.32 Å². The van der Waals surface area contributed by atoms with Crippen LogP contribution in [0.2, 0.25) is 0 Å². The summed E-state index contributed by atoms with van der Waals surface area (Å²) < 4.78 is 46.5. The van der Waals surface area contributed by atoms with E-state index in [4.69, 9.17) is 4.42 Å². The number of hydrogen-bond acceptors (Lipinski definition) is 4. The number of fused-ring (bicyclic) bond motifs is 2. The Bertz CT molecular complexity index is 1110. The number of halogens is 3. The van der Waals surface area contributed by atoms with Gasteiger partial charge in [0.2, 0.25) is 5.95 Å². The van der Waals surface area contributed by atoms with Gasteiger partial charge in [0.1, 0.15) is 11.1 Å². The molecule has 8 heteroatoms. The van der Waals surface area contributed by atoms with Gasteiger partial charge in [-0.05, 0) is 30.2 Å². The van der Waals surface area contributed by atoms with Crippen molar-refractivity contribution >= 4 is 34.1 Å². The van der Waals surface area contributed by atoms with Gasteiger partial charge in [-0.25, -0.2) is 4.98 Å². The number of rotatable bonds is 3. The lowest BCUT2D eigenvalue weighted by atomic mass is 10.1. The molecule has 0 bridgehead atoms. The summed E-state index contributed by atoms with van der Waals surface area (Å²) in [5.41, 5.74) is 1.83. The van der Waals surface area contributed by atoms with E-state index in [2.05, 4.69) is 15.3 Å². The van der Waals surface area contributed by atoms with Crippen molar-refractivity contribution in [1.29, 1.82) is 0 Å². The van der Waals surface area contributed by atoms with Gasteiger partial charge in [0.15, 0.2) is 5.58 Å². The number of anilines is 2. The number of nitrogens with one attached hydrogen (secondary N) is 1. The Hall–Kier alpha value is -3.03. The molecule has 2 aromatic heterocycles. The molecule has 0 amide bonds. The van der Waals surface area contributed by atoms with Crippen LogP contribution in [0.15, 0.2) is 40.8 Å². The fourth-order valence-electron chi connectivity index (χ4n) is 2.99. The summed E-state index contributed by atoms with van der Waals surface area (Å²) in [6.45, 7) is 2.04. The normalized spacial score (nSPS) is 12.2. The van der Waals surface area contributed by atoms with E-state index < -0.39 is 11.7 Å². The lowest BCUT2D eigenvalue weighted by Gasteiger charge is -2.05. The Kier molecular flexibility index (Phi) is 3.64. The third kappa shape index (κ3) is 2.58. The fourth-order valence-corrected chi connectivity index (χ4v) is 2.99. The highest BCUT2D eigenvalue weighted by atomic mass is 19.4. The number of imidazole rings is 1. The Morgan fingerprint density at radius 2 is 1.88 bits per heavy atom. The number of alkyl halides is 3. The van der Waals surface area contributed by atoms with E-state index in [0.29, 0.717) is 5.95 Å². The molecule has 0 unspecified atom stereocenters. The van der Waals surface area contributed by atoms with Gasteiger partial charge in [-0.1, -0.05) is 25.1 Å². The molecule has 0 aliphatic carbocycles. The predicted octanol–water partition coefficient (Wildman–Crippen LogP) is 5.04. The maximum Gasteiger partial charge on any atom is 0.420 e. The van der Waals surface area contributed by atoms with Crippen LogP contribution in [0.5, 0.6) is 0 Å². The van der Waals surface area contributed by atoms with Crippen LogP contribution < -0.4 is 5.32 Å². The second-order valence-electron chi connectivity index (χ2n) is 5.93. The second-order valence-corrected chi connectivity index (χ2v) is 5.93. The number of benzene rings is 2. The zero-order chi connectivity index (χ0) is 18.5. The summed E-state index contributed by atoms with van der Waals surface area (Å²) in [7, 11) is 1.82. The second kappa shape index (κ2) is 5.76. The van der Waals surface area contributed by atoms with Crippen LogP contribution in [-0.4, -0.2) is 14.5 Å². The number of hydrogen-bond donors (Lipinski definition) is 1. The monoisotopic (exact) mass is 360 g/mol. The highest BCUT2D eigenvalue weighted by Crippen LogP contribution is 2.36. The van der Waals surface area contributed by atoms with Crippen molar-refractivity contribution in [2.75, 3.05) is 5.32 Å². The molecule has 0 aliphatic rings. The van der Waals surface area contributed by atoms with E-state index in [0.717, 1.165) is 29.1 Å². The first kappa shape index (κ1) is 16.4. The number of aromatic nitrogens is 3. The molecule has 0 fully saturated rings. The molecular weight excluding hydrogens is 345 g/mol. The van der Waals surface area contributed by atoms with Crippen LogP contribution in [0.1, 0.15) is 18.1 Å². The minimum absolute atomic E-state index is 0.0341. The first-order valence-electron chi connectivity index (χ1n) is 8.06. The smallest absolute Gasteiger partial charge is 0.420 e. The summed E-state index contributed by atoms with van der Waals surface area (Å²) in [5.74, 6) is 0.445. The van der Waals surface area contributed by atoms with Gasteiger partial charge < -0.3 is 8.98 Å². The highest BCUT2D eigenvalue weighted by Gasteiger charge is 2.34. The third-order valence-electron chi connectivity index (χ3n) is 4.32. The van der Waals surface area contributed by atoms with Crippen LogP contribution in [0.25, 0.3) is 22.1 Å². The zero-order valence-electron chi connectivity index (χ0n) is 14.1. The maximum absolute atomic E-state index is 13.1. The van der Waals surface area contributed by atoms with Crippen molar-refractivity contribution in [3.05, 3.63) is 47.5 Å². The van der Waals surface area contributed by atoms with E-state index in [1.807, 2.05) is 36.7 Å². The topological polar surface area (TPSA) is 55.9 Å². The molecule has 5 nitrogen and oxygen atoms in total. The van der Waals surface area contributed by atoms with E-state index in [1.54, 1.807) is 0 Å². The minimum Gasteiger partial charge on any atom is -0.423 e. The van der Waals surface area contributed by atoms with Crippen molar-refractivity contribution in [1.82, 2.24) is 14.5 Å². The van der Waals surface area contributed by atoms with Crippen LogP contribution >= 0.6 is 0 Å². The van der Waals surface area contributed by atoms with Crippen molar-refractivity contribution in [3.63, 3.8) is 0 Å². The molecule has 0 spiro atoms. The van der Waals surface area contributed by atoms with E-state index in [-0.39, 0.29) is 17.1 Å². The first-order valence-corrected chi connectivity index (χ1v) is 8.06. The summed E-state index contributed by atoms with van der Waals surface area (Å²) in [5, 5.41) is 2.89. The van der Waals surface area contributed by atoms with Crippen molar-refractivity contribution in [3.8, 4) is 0 Å². The minimum atomic E-state index is -4.51. The van der Waals surface area contributed by atoms with Crippen molar-refractivity contribution < 1.29 is 17.6 Å². The summed E-state index contributed by atoms with van der Waals surface area (Å²) in [6.07, 6.45) is -3.68. The largest absolute Gasteiger partial charge is 0.423 e. The molecule has 2 heterocycles. The maximum atomic E-state index is 13.1. The molecule has 0 atom stereocenters. The molecule has 0 aliphatic heterocycles. The number of para-hydroxylation sites is 2. The van der Waals surface area contributed by atoms with E-state index in [9.17, 15) is 13.2 Å². The lowest BCUT2D eigenvalue weighted by molar-refractivity contribution is -0.136. The van der Waals surface area contributed by atoms with Crippen LogP contribution in [0.4, 0.5) is 25.1 Å².